The number of carbonyl (C=O) groups is 2. The SMILES string of the molecule is CN1C(=O)/C(=C\c2ccc(C(=O)Nc3ccc(O)cc3)cc2)SC1=S. The van der Waals surface area contributed by atoms with Crippen LogP contribution in [0.3, 0.4) is 0 Å². The van der Waals surface area contributed by atoms with E-state index in [4.69, 9.17) is 12.2 Å². The van der Waals surface area contributed by atoms with Crippen LogP contribution >= 0.6 is 24.0 Å². The summed E-state index contributed by atoms with van der Waals surface area (Å²) in [6.45, 7) is 0. The second-order valence-corrected chi connectivity index (χ2v) is 7.04. The first kappa shape index (κ1) is 17.2. The molecule has 2 aromatic rings. The number of phenols is 1. The van der Waals surface area contributed by atoms with Crippen molar-refractivity contribution in [1.82, 2.24) is 4.90 Å². The van der Waals surface area contributed by atoms with Crippen molar-refractivity contribution < 1.29 is 14.7 Å². The number of hydrogen-bond acceptors (Lipinski definition) is 5. The molecular weight excluding hydrogens is 356 g/mol. The van der Waals surface area contributed by atoms with Gasteiger partial charge in [0.2, 0.25) is 0 Å². The lowest BCUT2D eigenvalue weighted by molar-refractivity contribution is -0.121. The minimum atomic E-state index is -0.253. The largest absolute Gasteiger partial charge is 0.508 e. The highest BCUT2D eigenvalue weighted by molar-refractivity contribution is 8.26. The van der Waals surface area contributed by atoms with Crippen LogP contribution in [-0.2, 0) is 4.79 Å². The van der Waals surface area contributed by atoms with E-state index in [1.165, 1.54) is 28.8 Å². The Hall–Kier alpha value is -2.64. The molecule has 2 N–H and O–H groups in total. The normalized spacial score (nSPS) is 15.7. The molecule has 5 nitrogen and oxygen atoms in total. The Morgan fingerprint density at radius 1 is 1.16 bits per heavy atom. The number of carbonyl (C=O) groups excluding carboxylic acids is 2. The monoisotopic (exact) mass is 370 g/mol. The number of thiocarbonyl (C=S) groups is 1. The highest BCUT2D eigenvalue weighted by Crippen LogP contribution is 2.31. The molecule has 2 aromatic carbocycles. The van der Waals surface area contributed by atoms with Crippen LogP contribution in [0.15, 0.2) is 53.4 Å². The smallest absolute Gasteiger partial charge is 0.265 e. The molecule has 1 aliphatic heterocycles. The predicted octanol–water partition coefficient (Wildman–Crippen LogP) is 3.48. The highest BCUT2D eigenvalue weighted by Gasteiger charge is 2.28. The molecule has 0 radical (unpaired) electrons. The van der Waals surface area contributed by atoms with Crippen molar-refractivity contribution in [3.8, 4) is 5.75 Å². The highest BCUT2D eigenvalue weighted by atomic mass is 32.2. The van der Waals surface area contributed by atoms with Crippen molar-refractivity contribution in [2.24, 2.45) is 0 Å². The maximum Gasteiger partial charge on any atom is 0.265 e. The summed E-state index contributed by atoms with van der Waals surface area (Å²) in [5, 5.41) is 12.0. The zero-order valence-corrected chi connectivity index (χ0v) is 14.9. The summed E-state index contributed by atoms with van der Waals surface area (Å²) in [5.74, 6) is -0.235. The maximum atomic E-state index is 12.2. The van der Waals surface area contributed by atoms with Gasteiger partial charge < -0.3 is 10.4 Å². The second kappa shape index (κ2) is 7.08. The average molecular weight is 370 g/mol. The van der Waals surface area contributed by atoms with Gasteiger partial charge in [-0.15, -0.1) is 0 Å². The van der Waals surface area contributed by atoms with E-state index in [-0.39, 0.29) is 17.6 Å². The van der Waals surface area contributed by atoms with Gasteiger partial charge in [0, 0.05) is 18.3 Å². The summed E-state index contributed by atoms with van der Waals surface area (Å²) in [5.41, 5.74) is 1.90. The number of rotatable bonds is 3. The van der Waals surface area contributed by atoms with Gasteiger partial charge in [0.15, 0.2) is 0 Å². The number of nitrogens with one attached hydrogen (secondary N) is 1. The van der Waals surface area contributed by atoms with Crippen molar-refractivity contribution in [3.05, 3.63) is 64.6 Å². The molecule has 7 heteroatoms. The summed E-state index contributed by atoms with van der Waals surface area (Å²) in [4.78, 5) is 26.2. The van der Waals surface area contributed by atoms with Gasteiger partial charge in [-0.25, -0.2) is 0 Å². The molecular formula is C18H14N2O3S2. The first-order valence-corrected chi connectivity index (χ1v) is 8.58. The van der Waals surface area contributed by atoms with Crippen LogP contribution in [0.25, 0.3) is 6.08 Å². The summed E-state index contributed by atoms with van der Waals surface area (Å²) in [7, 11) is 1.65. The van der Waals surface area contributed by atoms with Gasteiger partial charge in [0.1, 0.15) is 10.1 Å². The maximum absolute atomic E-state index is 12.2. The molecule has 126 valence electrons. The van der Waals surface area contributed by atoms with Gasteiger partial charge in [0.05, 0.1) is 4.91 Å². The van der Waals surface area contributed by atoms with Crippen LogP contribution < -0.4 is 5.32 Å². The Morgan fingerprint density at radius 2 is 1.80 bits per heavy atom. The topological polar surface area (TPSA) is 69.6 Å². The Kier molecular flexibility index (Phi) is 4.87. The first-order valence-electron chi connectivity index (χ1n) is 7.36. The third-order valence-electron chi connectivity index (χ3n) is 3.58. The fraction of sp³-hybridized carbons (Fsp3) is 0.0556. The lowest BCUT2D eigenvalue weighted by Crippen LogP contribution is -2.22. The van der Waals surface area contributed by atoms with E-state index in [0.717, 1.165) is 5.56 Å². The van der Waals surface area contributed by atoms with Crippen LogP contribution in [0, 0.1) is 0 Å². The van der Waals surface area contributed by atoms with E-state index in [2.05, 4.69) is 5.32 Å². The number of phenolic OH excluding ortho intramolecular Hbond substituents is 1. The molecule has 1 heterocycles. The van der Waals surface area contributed by atoms with E-state index in [9.17, 15) is 14.7 Å². The van der Waals surface area contributed by atoms with Gasteiger partial charge >= 0.3 is 0 Å². The van der Waals surface area contributed by atoms with Gasteiger partial charge in [-0.2, -0.15) is 0 Å². The quantitative estimate of drug-likeness (QED) is 0.492. The van der Waals surface area contributed by atoms with Crippen molar-refractivity contribution in [2.75, 3.05) is 12.4 Å². The average Bonchev–Trinajstić information content (AvgIpc) is 2.84. The minimum absolute atomic E-state index is 0.121. The molecule has 0 aliphatic carbocycles. The minimum Gasteiger partial charge on any atom is -0.508 e. The zero-order valence-electron chi connectivity index (χ0n) is 13.2. The Morgan fingerprint density at radius 3 is 2.36 bits per heavy atom. The molecule has 1 fully saturated rings. The molecule has 25 heavy (non-hydrogen) atoms. The predicted molar refractivity (Wildman–Crippen MR) is 103 cm³/mol. The van der Waals surface area contributed by atoms with E-state index >= 15 is 0 Å². The second-order valence-electron chi connectivity index (χ2n) is 5.36. The number of likely N-dealkylation sites (N-methyl/N-ethyl adjacent to an activating group) is 1. The van der Waals surface area contributed by atoms with Gasteiger partial charge in [-0.3, -0.25) is 14.5 Å². The molecule has 0 unspecified atom stereocenters. The molecule has 0 saturated carbocycles. The number of thioether (sulfide) groups is 1. The van der Waals surface area contributed by atoms with E-state index in [1.807, 2.05) is 0 Å². The van der Waals surface area contributed by atoms with E-state index in [1.54, 1.807) is 49.5 Å². The van der Waals surface area contributed by atoms with Gasteiger partial charge in [-0.05, 0) is 48.0 Å². The van der Waals surface area contributed by atoms with Crippen molar-refractivity contribution in [3.63, 3.8) is 0 Å². The Balaban J connectivity index is 1.72. The lowest BCUT2D eigenvalue weighted by Gasteiger charge is -2.06. The Labute approximate surface area is 154 Å². The number of aromatic hydroxyl groups is 1. The number of amides is 2. The molecule has 0 spiro atoms. The standard InChI is InChI=1S/C18H14N2O3S2/c1-20-17(23)15(25-18(20)24)10-11-2-4-12(5-3-11)16(22)19-13-6-8-14(21)9-7-13/h2-10,21H,1H3,(H,19,22)/b15-10+. The summed E-state index contributed by atoms with van der Waals surface area (Å²) < 4.78 is 0.529. The number of hydrogen-bond donors (Lipinski definition) is 2. The number of anilines is 1. The van der Waals surface area contributed by atoms with Crippen molar-refractivity contribution >= 4 is 51.9 Å². The molecule has 0 atom stereocenters. The molecule has 2 amide bonds. The Bertz CT molecular complexity index is 874. The number of nitrogens with zero attached hydrogens (tertiary/aromatic N) is 1. The third kappa shape index (κ3) is 3.89. The van der Waals surface area contributed by atoms with Crippen LogP contribution in [0.5, 0.6) is 5.75 Å². The summed E-state index contributed by atoms with van der Waals surface area (Å²) in [6.07, 6.45) is 1.75. The summed E-state index contributed by atoms with van der Waals surface area (Å²) >= 11 is 6.36. The van der Waals surface area contributed by atoms with E-state index < -0.39 is 0 Å². The van der Waals surface area contributed by atoms with Crippen LogP contribution in [0.4, 0.5) is 5.69 Å². The first-order chi connectivity index (χ1) is 11.9. The molecule has 3 rings (SSSR count). The van der Waals surface area contributed by atoms with Crippen LogP contribution in [0.1, 0.15) is 15.9 Å². The zero-order chi connectivity index (χ0) is 18.0. The van der Waals surface area contributed by atoms with E-state index in [0.29, 0.717) is 20.5 Å². The van der Waals surface area contributed by atoms with Crippen molar-refractivity contribution in [2.45, 2.75) is 0 Å². The molecule has 0 aromatic heterocycles. The lowest BCUT2D eigenvalue weighted by atomic mass is 10.1. The third-order valence-corrected chi connectivity index (χ3v) is 5.07. The van der Waals surface area contributed by atoms with Gasteiger partial charge in [-0.1, -0.05) is 36.1 Å². The summed E-state index contributed by atoms with van der Waals surface area (Å²) in [6, 6.07) is 13.2. The van der Waals surface area contributed by atoms with Gasteiger partial charge in [0.25, 0.3) is 11.8 Å². The molecule has 1 aliphatic rings. The number of benzene rings is 2. The van der Waals surface area contributed by atoms with Crippen molar-refractivity contribution in [1.29, 1.82) is 0 Å². The fourth-order valence-electron chi connectivity index (χ4n) is 2.18. The fourth-order valence-corrected chi connectivity index (χ4v) is 3.36. The van der Waals surface area contributed by atoms with Crippen LogP contribution in [-0.4, -0.2) is 33.2 Å². The molecule has 0 bridgehead atoms. The van der Waals surface area contributed by atoms with Crippen LogP contribution in [0.2, 0.25) is 0 Å². The molecule has 1 saturated heterocycles.